The molecule has 0 unspecified atom stereocenters. The number of nitrogens with zero attached hydrogens (tertiary/aromatic N) is 1. The molecule has 16 heavy (non-hydrogen) atoms. The first kappa shape index (κ1) is 9.62. The SMILES string of the molecule is O=c1[nH]c2ccc(-c3nc(Cl)cs3)cc2o1. The standard InChI is InChI=1S/C10H5ClN2O2S/c11-8-4-16-9(13-8)5-1-2-6-7(3-5)15-10(14)12-6/h1-4H,(H,12,14). The van der Waals surface area contributed by atoms with Crippen LogP contribution in [0.25, 0.3) is 21.7 Å². The van der Waals surface area contributed by atoms with E-state index in [1.54, 1.807) is 17.5 Å². The molecule has 0 saturated carbocycles. The van der Waals surface area contributed by atoms with Gasteiger partial charge < -0.3 is 4.42 Å². The van der Waals surface area contributed by atoms with Crippen molar-refractivity contribution in [2.75, 3.05) is 0 Å². The lowest BCUT2D eigenvalue weighted by Gasteiger charge is -1.94. The third-order valence-electron chi connectivity index (χ3n) is 2.14. The summed E-state index contributed by atoms with van der Waals surface area (Å²) in [5.74, 6) is -0.454. The summed E-state index contributed by atoms with van der Waals surface area (Å²) in [6.45, 7) is 0. The molecule has 0 fully saturated rings. The van der Waals surface area contributed by atoms with Crippen molar-refractivity contribution in [3.63, 3.8) is 0 Å². The number of nitrogens with one attached hydrogen (secondary N) is 1. The molecule has 0 spiro atoms. The number of benzene rings is 1. The summed E-state index contributed by atoms with van der Waals surface area (Å²) in [5, 5.41) is 3.03. The molecule has 0 radical (unpaired) electrons. The van der Waals surface area contributed by atoms with Crippen molar-refractivity contribution in [2.45, 2.75) is 0 Å². The Balaban J connectivity index is 2.21. The number of hydrogen-bond acceptors (Lipinski definition) is 4. The highest BCUT2D eigenvalue weighted by molar-refractivity contribution is 7.13. The van der Waals surface area contributed by atoms with E-state index in [1.165, 1.54) is 11.3 Å². The Kier molecular flexibility index (Phi) is 2.08. The predicted octanol–water partition coefficient (Wildman–Crippen LogP) is 2.90. The van der Waals surface area contributed by atoms with Crippen molar-refractivity contribution >= 4 is 34.0 Å². The molecule has 0 aliphatic heterocycles. The van der Waals surface area contributed by atoms with Crippen LogP contribution in [-0.2, 0) is 0 Å². The van der Waals surface area contributed by atoms with Crippen LogP contribution in [0.3, 0.4) is 0 Å². The van der Waals surface area contributed by atoms with Gasteiger partial charge in [0.15, 0.2) is 5.58 Å². The van der Waals surface area contributed by atoms with Crippen LogP contribution in [0.1, 0.15) is 0 Å². The summed E-state index contributed by atoms with van der Waals surface area (Å²) in [5.41, 5.74) is 2.08. The molecule has 4 nitrogen and oxygen atoms in total. The van der Waals surface area contributed by atoms with Gasteiger partial charge in [0, 0.05) is 10.9 Å². The van der Waals surface area contributed by atoms with E-state index in [2.05, 4.69) is 9.97 Å². The molecule has 2 heterocycles. The minimum Gasteiger partial charge on any atom is -0.408 e. The quantitative estimate of drug-likeness (QED) is 0.724. The summed E-state index contributed by atoms with van der Waals surface area (Å²) in [4.78, 5) is 17.7. The van der Waals surface area contributed by atoms with E-state index >= 15 is 0 Å². The maximum absolute atomic E-state index is 11.0. The first-order valence-electron chi connectivity index (χ1n) is 4.47. The zero-order valence-corrected chi connectivity index (χ0v) is 9.43. The van der Waals surface area contributed by atoms with E-state index < -0.39 is 5.76 Å². The molecule has 0 saturated heterocycles. The van der Waals surface area contributed by atoms with Gasteiger partial charge in [-0.05, 0) is 18.2 Å². The molecule has 0 atom stereocenters. The number of oxazole rings is 1. The van der Waals surface area contributed by atoms with Crippen molar-refractivity contribution in [1.82, 2.24) is 9.97 Å². The van der Waals surface area contributed by atoms with Crippen LogP contribution < -0.4 is 5.76 Å². The van der Waals surface area contributed by atoms with Gasteiger partial charge in [0.05, 0.1) is 5.52 Å². The number of rotatable bonds is 1. The Morgan fingerprint density at radius 3 is 3.06 bits per heavy atom. The molecule has 3 aromatic rings. The van der Waals surface area contributed by atoms with Gasteiger partial charge in [-0.2, -0.15) is 0 Å². The van der Waals surface area contributed by atoms with Gasteiger partial charge in [-0.15, -0.1) is 11.3 Å². The van der Waals surface area contributed by atoms with E-state index in [0.29, 0.717) is 16.3 Å². The lowest BCUT2D eigenvalue weighted by atomic mass is 10.2. The molecule has 6 heteroatoms. The van der Waals surface area contributed by atoms with Crippen LogP contribution in [0.4, 0.5) is 0 Å². The van der Waals surface area contributed by atoms with E-state index in [-0.39, 0.29) is 0 Å². The second kappa shape index (κ2) is 3.47. The Bertz CT molecular complexity index is 713. The zero-order chi connectivity index (χ0) is 11.1. The highest BCUT2D eigenvalue weighted by atomic mass is 35.5. The van der Waals surface area contributed by atoms with E-state index in [1.807, 2.05) is 6.07 Å². The Labute approximate surface area is 98.5 Å². The van der Waals surface area contributed by atoms with Crippen molar-refractivity contribution < 1.29 is 4.42 Å². The highest BCUT2D eigenvalue weighted by Gasteiger charge is 2.06. The van der Waals surface area contributed by atoms with Gasteiger partial charge >= 0.3 is 5.76 Å². The number of aromatic nitrogens is 2. The van der Waals surface area contributed by atoms with Crippen LogP contribution in [0.15, 0.2) is 32.8 Å². The number of H-pyrrole nitrogens is 1. The van der Waals surface area contributed by atoms with E-state index in [4.69, 9.17) is 16.0 Å². The smallest absolute Gasteiger partial charge is 0.408 e. The van der Waals surface area contributed by atoms with Gasteiger partial charge in [0.1, 0.15) is 10.2 Å². The minimum absolute atomic E-state index is 0.454. The van der Waals surface area contributed by atoms with Crippen molar-refractivity contribution in [3.8, 4) is 10.6 Å². The fourth-order valence-electron chi connectivity index (χ4n) is 1.47. The van der Waals surface area contributed by atoms with Crippen LogP contribution in [0, 0.1) is 0 Å². The Hall–Kier alpha value is -1.59. The largest absolute Gasteiger partial charge is 0.417 e. The molecule has 0 aliphatic rings. The average Bonchev–Trinajstić information content (AvgIpc) is 2.81. The van der Waals surface area contributed by atoms with E-state index in [9.17, 15) is 4.79 Å². The Morgan fingerprint density at radius 1 is 1.44 bits per heavy atom. The van der Waals surface area contributed by atoms with Gasteiger partial charge in [-0.25, -0.2) is 9.78 Å². The summed E-state index contributed by atoms with van der Waals surface area (Å²) in [7, 11) is 0. The third-order valence-corrected chi connectivity index (χ3v) is 3.36. The molecule has 0 aliphatic carbocycles. The van der Waals surface area contributed by atoms with Gasteiger partial charge in [0.2, 0.25) is 0 Å². The van der Waals surface area contributed by atoms with Gasteiger partial charge in [-0.1, -0.05) is 11.6 Å². The predicted molar refractivity (Wildman–Crippen MR) is 63.0 cm³/mol. The molecular weight excluding hydrogens is 248 g/mol. The van der Waals surface area contributed by atoms with Crippen LogP contribution in [0.2, 0.25) is 5.15 Å². The summed E-state index contributed by atoms with van der Waals surface area (Å²) < 4.78 is 4.97. The minimum atomic E-state index is -0.454. The van der Waals surface area contributed by atoms with Gasteiger partial charge in [-0.3, -0.25) is 4.98 Å². The Morgan fingerprint density at radius 2 is 2.31 bits per heavy atom. The topological polar surface area (TPSA) is 58.9 Å². The molecule has 1 N–H and O–H groups in total. The fourth-order valence-corrected chi connectivity index (χ4v) is 2.41. The lowest BCUT2D eigenvalue weighted by Crippen LogP contribution is -1.92. The summed E-state index contributed by atoms with van der Waals surface area (Å²) in [6.07, 6.45) is 0. The highest BCUT2D eigenvalue weighted by Crippen LogP contribution is 2.27. The number of hydrogen-bond donors (Lipinski definition) is 1. The van der Waals surface area contributed by atoms with Crippen molar-refractivity contribution in [3.05, 3.63) is 39.3 Å². The lowest BCUT2D eigenvalue weighted by molar-refractivity contribution is 0.555. The number of aromatic amines is 1. The van der Waals surface area contributed by atoms with Crippen LogP contribution >= 0.6 is 22.9 Å². The van der Waals surface area contributed by atoms with E-state index in [0.717, 1.165) is 10.6 Å². The fraction of sp³-hybridized carbons (Fsp3) is 0. The molecule has 0 amide bonds. The van der Waals surface area contributed by atoms with Crippen molar-refractivity contribution in [2.24, 2.45) is 0 Å². The first-order chi connectivity index (χ1) is 7.72. The van der Waals surface area contributed by atoms with Crippen LogP contribution in [-0.4, -0.2) is 9.97 Å². The molecular formula is C10H5ClN2O2S. The second-order valence-corrected chi connectivity index (χ2v) is 4.45. The molecule has 1 aromatic carbocycles. The molecule has 0 bridgehead atoms. The summed E-state index contributed by atoms with van der Waals surface area (Å²) in [6, 6.07) is 5.41. The number of fused-ring (bicyclic) bond motifs is 1. The first-order valence-corrected chi connectivity index (χ1v) is 5.72. The average molecular weight is 253 g/mol. The molecule has 80 valence electrons. The monoisotopic (exact) mass is 252 g/mol. The van der Waals surface area contributed by atoms with Gasteiger partial charge in [0.25, 0.3) is 0 Å². The number of thiazole rings is 1. The molecule has 3 rings (SSSR count). The normalized spacial score (nSPS) is 11.1. The van der Waals surface area contributed by atoms with Crippen molar-refractivity contribution in [1.29, 1.82) is 0 Å². The third kappa shape index (κ3) is 1.54. The number of halogens is 1. The maximum Gasteiger partial charge on any atom is 0.417 e. The summed E-state index contributed by atoms with van der Waals surface area (Å²) >= 11 is 7.20. The zero-order valence-electron chi connectivity index (χ0n) is 7.86. The second-order valence-electron chi connectivity index (χ2n) is 3.20. The molecule has 2 aromatic heterocycles. The van der Waals surface area contributed by atoms with Crippen LogP contribution in [0.5, 0.6) is 0 Å². The maximum atomic E-state index is 11.0.